The molecule has 0 spiro atoms. The molecule has 2 aliphatic rings. The number of aldehydes is 1. The van der Waals surface area contributed by atoms with Crippen molar-refractivity contribution in [1.29, 1.82) is 0 Å². The van der Waals surface area contributed by atoms with E-state index in [2.05, 4.69) is 0 Å². The van der Waals surface area contributed by atoms with Gasteiger partial charge in [-0.3, -0.25) is 4.79 Å². The Balaban J connectivity index is 2.17. The van der Waals surface area contributed by atoms with E-state index in [9.17, 15) is 4.79 Å². The van der Waals surface area contributed by atoms with Crippen molar-refractivity contribution >= 4 is 6.29 Å². The highest BCUT2D eigenvalue weighted by Crippen LogP contribution is 2.53. The second-order valence-corrected chi connectivity index (χ2v) is 5.27. The number of benzene rings is 1. The minimum atomic E-state index is -0.787. The number of ether oxygens (including phenoxy) is 4. The van der Waals surface area contributed by atoms with Crippen LogP contribution >= 0.6 is 0 Å². The molecular weight excluding hydrogens is 236 g/mol. The maximum absolute atomic E-state index is 11.3. The van der Waals surface area contributed by atoms with Crippen molar-refractivity contribution in [2.24, 2.45) is 0 Å². The van der Waals surface area contributed by atoms with E-state index in [0.29, 0.717) is 34.8 Å². The summed E-state index contributed by atoms with van der Waals surface area (Å²) < 4.78 is 22.5. The monoisotopic (exact) mass is 250 g/mol. The normalized spacial score (nSPS) is 20.9. The molecule has 0 bridgehead atoms. The van der Waals surface area contributed by atoms with E-state index < -0.39 is 11.6 Å². The molecule has 0 saturated heterocycles. The smallest absolute Gasteiger partial charge is 0.246 e. The Labute approximate surface area is 105 Å². The zero-order valence-electron chi connectivity index (χ0n) is 10.7. The molecule has 2 heterocycles. The maximum atomic E-state index is 11.3. The van der Waals surface area contributed by atoms with Gasteiger partial charge in [-0.05, 0) is 0 Å². The fourth-order valence-corrected chi connectivity index (χ4v) is 2.15. The summed E-state index contributed by atoms with van der Waals surface area (Å²) in [4.78, 5) is 11.3. The topological polar surface area (TPSA) is 54.0 Å². The predicted octanol–water partition coefficient (Wildman–Crippen LogP) is 2.51. The zero-order chi connectivity index (χ0) is 13.1. The van der Waals surface area contributed by atoms with Crippen LogP contribution in [0.5, 0.6) is 23.0 Å². The van der Waals surface area contributed by atoms with Gasteiger partial charge in [-0.2, -0.15) is 0 Å². The van der Waals surface area contributed by atoms with Crippen LogP contribution in [0.3, 0.4) is 0 Å². The molecule has 0 unspecified atom stereocenters. The minimum absolute atomic E-state index is 0.332. The third-order valence-corrected chi connectivity index (χ3v) is 2.72. The first-order valence-electron chi connectivity index (χ1n) is 5.73. The molecule has 3 rings (SSSR count). The van der Waals surface area contributed by atoms with Crippen LogP contribution in [-0.2, 0) is 0 Å². The summed E-state index contributed by atoms with van der Waals surface area (Å²) in [6.45, 7) is 7.10. The number of carbonyl (C=O) groups excluding carboxylic acids is 1. The number of rotatable bonds is 1. The van der Waals surface area contributed by atoms with Crippen LogP contribution in [0.4, 0.5) is 0 Å². The summed E-state index contributed by atoms with van der Waals surface area (Å²) in [6.07, 6.45) is 0.702. The third-order valence-electron chi connectivity index (χ3n) is 2.72. The lowest BCUT2D eigenvalue weighted by atomic mass is 10.1. The molecule has 5 nitrogen and oxygen atoms in total. The summed E-state index contributed by atoms with van der Waals surface area (Å²) in [6, 6.07) is 1.70. The van der Waals surface area contributed by atoms with Crippen molar-refractivity contribution in [3.8, 4) is 23.0 Å². The Kier molecular flexibility index (Phi) is 1.93. The van der Waals surface area contributed by atoms with Crippen LogP contribution < -0.4 is 18.9 Å². The predicted molar refractivity (Wildman–Crippen MR) is 62.5 cm³/mol. The summed E-state index contributed by atoms with van der Waals surface area (Å²) in [5.74, 6) is 0.254. The molecule has 0 radical (unpaired) electrons. The van der Waals surface area contributed by atoms with Gasteiger partial charge in [-0.15, -0.1) is 0 Å². The van der Waals surface area contributed by atoms with Crippen LogP contribution in [-0.4, -0.2) is 17.9 Å². The van der Waals surface area contributed by atoms with Crippen LogP contribution in [0.2, 0.25) is 0 Å². The van der Waals surface area contributed by atoms with Crippen LogP contribution in [0.1, 0.15) is 38.1 Å². The van der Waals surface area contributed by atoms with Gasteiger partial charge in [0.05, 0.1) is 0 Å². The lowest BCUT2D eigenvalue weighted by Gasteiger charge is -2.17. The highest BCUT2D eigenvalue weighted by Gasteiger charge is 2.41. The molecule has 2 aliphatic heterocycles. The Morgan fingerprint density at radius 1 is 0.889 bits per heavy atom. The van der Waals surface area contributed by atoms with Gasteiger partial charge in [-0.25, -0.2) is 0 Å². The zero-order valence-corrected chi connectivity index (χ0v) is 10.7. The highest BCUT2D eigenvalue weighted by atomic mass is 16.7. The van der Waals surface area contributed by atoms with Gasteiger partial charge in [0.2, 0.25) is 11.6 Å². The molecule has 96 valence electrons. The average molecular weight is 250 g/mol. The molecule has 18 heavy (non-hydrogen) atoms. The van der Waals surface area contributed by atoms with Crippen molar-refractivity contribution in [1.82, 2.24) is 0 Å². The summed E-state index contributed by atoms with van der Waals surface area (Å²) in [5.41, 5.74) is 0.332. The summed E-state index contributed by atoms with van der Waals surface area (Å²) >= 11 is 0. The van der Waals surface area contributed by atoms with Crippen LogP contribution in [0, 0.1) is 0 Å². The van der Waals surface area contributed by atoms with Crippen molar-refractivity contribution in [3.05, 3.63) is 11.6 Å². The van der Waals surface area contributed by atoms with E-state index in [1.807, 2.05) is 0 Å². The Hall–Kier alpha value is -1.91. The first kappa shape index (κ1) is 11.2. The Morgan fingerprint density at radius 3 is 1.72 bits per heavy atom. The standard InChI is InChI=1S/C13H14O5/c1-12(2)15-8-5-9-11(18-13(3,4)16-9)7(6-14)10(8)17-12/h5-6H,1-4H3. The number of hydrogen-bond donors (Lipinski definition) is 0. The lowest BCUT2D eigenvalue weighted by molar-refractivity contribution is -0.0483. The molecule has 1 aromatic rings. The number of hydrogen-bond acceptors (Lipinski definition) is 5. The van der Waals surface area contributed by atoms with Gasteiger partial charge in [0, 0.05) is 33.8 Å². The first-order chi connectivity index (χ1) is 8.31. The van der Waals surface area contributed by atoms with Crippen molar-refractivity contribution < 1.29 is 23.7 Å². The van der Waals surface area contributed by atoms with E-state index >= 15 is 0 Å². The molecule has 0 aromatic heterocycles. The molecule has 0 fully saturated rings. The van der Waals surface area contributed by atoms with Gasteiger partial charge in [0.25, 0.3) is 0 Å². The highest BCUT2D eigenvalue weighted by molar-refractivity contribution is 5.88. The van der Waals surface area contributed by atoms with Crippen LogP contribution in [0.15, 0.2) is 6.07 Å². The SMILES string of the molecule is CC1(C)Oc2cc3c(c(C=O)c2O1)OC(C)(C)O3. The second-order valence-electron chi connectivity index (χ2n) is 5.27. The van der Waals surface area contributed by atoms with E-state index in [1.54, 1.807) is 33.8 Å². The van der Waals surface area contributed by atoms with Gasteiger partial charge in [0.15, 0.2) is 29.3 Å². The van der Waals surface area contributed by atoms with Gasteiger partial charge in [0.1, 0.15) is 5.56 Å². The molecular formula is C13H14O5. The molecule has 0 saturated carbocycles. The molecule has 0 aliphatic carbocycles. The molecule has 5 heteroatoms. The number of carbonyl (C=O) groups is 1. The molecule has 0 N–H and O–H groups in total. The maximum Gasteiger partial charge on any atom is 0.246 e. The molecule has 1 aromatic carbocycles. The largest absolute Gasteiger partial charge is 0.449 e. The minimum Gasteiger partial charge on any atom is -0.449 e. The summed E-state index contributed by atoms with van der Waals surface area (Å²) in [7, 11) is 0. The second kappa shape index (κ2) is 3.10. The van der Waals surface area contributed by atoms with Gasteiger partial charge >= 0.3 is 0 Å². The van der Waals surface area contributed by atoms with Crippen molar-refractivity contribution in [2.75, 3.05) is 0 Å². The van der Waals surface area contributed by atoms with Crippen molar-refractivity contribution in [2.45, 2.75) is 39.3 Å². The van der Waals surface area contributed by atoms with Gasteiger partial charge < -0.3 is 18.9 Å². The van der Waals surface area contributed by atoms with E-state index in [1.165, 1.54) is 0 Å². The Bertz CT molecular complexity index is 503. The van der Waals surface area contributed by atoms with E-state index in [4.69, 9.17) is 18.9 Å². The average Bonchev–Trinajstić information content (AvgIpc) is 2.67. The fraction of sp³-hybridized carbons (Fsp3) is 0.462. The van der Waals surface area contributed by atoms with Crippen LogP contribution in [0.25, 0.3) is 0 Å². The fourth-order valence-electron chi connectivity index (χ4n) is 2.15. The Morgan fingerprint density at radius 2 is 1.33 bits per heavy atom. The third kappa shape index (κ3) is 1.50. The van der Waals surface area contributed by atoms with Crippen molar-refractivity contribution in [3.63, 3.8) is 0 Å². The van der Waals surface area contributed by atoms with E-state index in [0.717, 1.165) is 0 Å². The quantitative estimate of drug-likeness (QED) is 0.717. The first-order valence-corrected chi connectivity index (χ1v) is 5.73. The number of fused-ring (bicyclic) bond motifs is 2. The van der Waals surface area contributed by atoms with Gasteiger partial charge in [-0.1, -0.05) is 0 Å². The summed E-state index contributed by atoms with van der Waals surface area (Å²) in [5, 5.41) is 0. The lowest BCUT2D eigenvalue weighted by Crippen LogP contribution is -2.30. The molecule has 0 amide bonds. The van der Waals surface area contributed by atoms with E-state index in [-0.39, 0.29) is 0 Å². The molecule has 0 atom stereocenters.